The zero-order valence-corrected chi connectivity index (χ0v) is 18.6. The molecule has 1 aliphatic heterocycles. The number of nitrogens with zero attached hydrogens (tertiary/aromatic N) is 4. The molecule has 176 valence electrons. The van der Waals surface area contributed by atoms with E-state index in [1.165, 1.54) is 22.0 Å². The molecule has 5 N–H and O–H groups in total. The van der Waals surface area contributed by atoms with E-state index in [0.717, 1.165) is 12.8 Å². The van der Waals surface area contributed by atoms with Crippen molar-refractivity contribution in [3.05, 3.63) is 47.0 Å². The molecule has 5 rings (SSSR count). The zero-order chi connectivity index (χ0) is 23.3. The van der Waals surface area contributed by atoms with Gasteiger partial charge in [-0.2, -0.15) is 18.4 Å². The van der Waals surface area contributed by atoms with Gasteiger partial charge in [0.05, 0.1) is 19.0 Å². The maximum atomic E-state index is 11.1. The van der Waals surface area contributed by atoms with Gasteiger partial charge in [-0.15, -0.1) is 0 Å². The number of benzene rings is 1. The number of hydrogen-bond donors (Lipinski definition) is 4. The molecular formula is C19H21ClN6O6S. The molecule has 0 spiro atoms. The number of anilines is 1. The predicted octanol–water partition coefficient (Wildman–Crippen LogP) is 0.418. The average Bonchev–Trinajstić information content (AvgIpc) is 3.44. The number of hydrogen-bond acceptors (Lipinski definition) is 10. The molecule has 14 heteroatoms. The van der Waals surface area contributed by atoms with E-state index >= 15 is 0 Å². The van der Waals surface area contributed by atoms with Crippen LogP contribution in [0, 0.1) is 0 Å². The summed E-state index contributed by atoms with van der Waals surface area (Å²) in [5.41, 5.74) is 3.11. The summed E-state index contributed by atoms with van der Waals surface area (Å²) < 4.78 is 33.7. The third-order valence-corrected chi connectivity index (χ3v) is 6.48. The minimum Gasteiger partial charge on any atom is -0.387 e. The van der Waals surface area contributed by atoms with E-state index in [2.05, 4.69) is 36.6 Å². The Kier molecular flexibility index (Phi) is 5.73. The van der Waals surface area contributed by atoms with Gasteiger partial charge in [0.2, 0.25) is 5.28 Å². The lowest BCUT2D eigenvalue weighted by molar-refractivity contribution is -0.0467. The van der Waals surface area contributed by atoms with Crippen molar-refractivity contribution in [2.45, 2.75) is 43.4 Å². The fraction of sp³-hybridized carbons (Fsp3) is 0.421. The number of halogens is 1. The highest BCUT2D eigenvalue weighted by atomic mass is 35.5. The van der Waals surface area contributed by atoms with Crippen LogP contribution in [0.25, 0.3) is 11.2 Å². The summed E-state index contributed by atoms with van der Waals surface area (Å²) in [6.45, 7) is -0.566. The van der Waals surface area contributed by atoms with Crippen molar-refractivity contribution in [3.63, 3.8) is 0 Å². The van der Waals surface area contributed by atoms with Crippen LogP contribution in [0.3, 0.4) is 0 Å². The van der Waals surface area contributed by atoms with E-state index < -0.39 is 41.5 Å². The van der Waals surface area contributed by atoms with E-state index in [1.807, 2.05) is 12.1 Å². The quantitative estimate of drug-likeness (QED) is 0.350. The number of aromatic nitrogens is 4. The van der Waals surface area contributed by atoms with Crippen LogP contribution in [0.15, 0.2) is 30.6 Å². The lowest BCUT2D eigenvalue weighted by Crippen LogP contribution is -2.35. The van der Waals surface area contributed by atoms with Crippen molar-refractivity contribution in [1.82, 2.24) is 19.5 Å². The summed E-state index contributed by atoms with van der Waals surface area (Å²) in [7, 11) is -4.24. The van der Waals surface area contributed by atoms with E-state index in [9.17, 15) is 18.6 Å². The van der Waals surface area contributed by atoms with Crippen LogP contribution in [0.4, 0.5) is 5.82 Å². The van der Waals surface area contributed by atoms with Gasteiger partial charge in [-0.05, 0) is 35.6 Å². The van der Waals surface area contributed by atoms with Gasteiger partial charge in [0.1, 0.15) is 18.3 Å². The number of aliphatic hydroxyl groups excluding tert-OH is 2. The standard InChI is InChI=1S/C19H21ClN6O6S/c20-19-24-16(23-11-6-5-9-3-1-2-4-10(9)11)13-17(25-19)26(8-22-13)18-15(28)14(27)12(32-18)7-31-33(21,29)30/h1-4,8,11-12,14-15,18,27-28H,5-7H2,(H2,21,29,30)(H,23,24,25)/t11-,12+,14+,15+,18+/m0/s1. The molecular weight excluding hydrogens is 476 g/mol. The van der Waals surface area contributed by atoms with Crippen LogP contribution in [0.2, 0.25) is 5.28 Å². The highest BCUT2D eigenvalue weighted by Crippen LogP contribution is 2.36. The average molecular weight is 497 g/mol. The maximum absolute atomic E-state index is 11.1. The Morgan fingerprint density at radius 2 is 2.06 bits per heavy atom. The number of nitrogens with one attached hydrogen (secondary N) is 1. The summed E-state index contributed by atoms with van der Waals surface area (Å²) >= 11 is 6.18. The second-order valence-corrected chi connectivity index (χ2v) is 9.48. The molecule has 2 aromatic heterocycles. The van der Waals surface area contributed by atoms with Gasteiger partial charge in [-0.1, -0.05) is 24.3 Å². The Hall–Kier alpha value is -2.39. The van der Waals surface area contributed by atoms with Crippen molar-refractivity contribution < 1.29 is 27.6 Å². The lowest BCUT2D eigenvalue weighted by Gasteiger charge is -2.18. The molecule has 33 heavy (non-hydrogen) atoms. The van der Waals surface area contributed by atoms with Gasteiger partial charge in [0.25, 0.3) is 0 Å². The minimum absolute atomic E-state index is 0.0235. The smallest absolute Gasteiger partial charge is 0.333 e. The molecule has 1 saturated heterocycles. The molecule has 0 saturated carbocycles. The highest BCUT2D eigenvalue weighted by Gasteiger charge is 2.45. The van der Waals surface area contributed by atoms with Crippen molar-refractivity contribution in [2.24, 2.45) is 5.14 Å². The first-order chi connectivity index (χ1) is 15.7. The predicted molar refractivity (Wildman–Crippen MR) is 116 cm³/mol. The molecule has 12 nitrogen and oxygen atoms in total. The Morgan fingerprint density at radius 1 is 1.27 bits per heavy atom. The van der Waals surface area contributed by atoms with Crippen molar-refractivity contribution in [1.29, 1.82) is 0 Å². The summed E-state index contributed by atoms with van der Waals surface area (Å²) in [5.74, 6) is 0.424. The topological polar surface area (TPSA) is 175 Å². The van der Waals surface area contributed by atoms with Crippen molar-refractivity contribution in [2.75, 3.05) is 11.9 Å². The third-order valence-electron chi connectivity index (χ3n) is 5.85. The first-order valence-electron chi connectivity index (χ1n) is 10.1. The number of aliphatic hydroxyl groups is 2. The largest absolute Gasteiger partial charge is 0.387 e. The fourth-order valence-corrected chi connectivity index (χ4v) is 4.80. The minimum atomic E-state index is -4.24. The number of aryl methyl sites for hydroxylation is 1. The van der Waals surface area contributed by atoms with Crippen LogP contribution in [-0.2, 0) is 25.6 Å². The van der Waals surface area contributed by atoms with E-state index in [4.69, 9.17) is 21.5 Å². The van der Waals surface area contributed by atoms with Gasteiger partial charge < -0.3 is 20.3 Å². The van der Waals surface area contributed by atoms with Crippen LogP contribution >= 0.6 is 11.6 Å². The molecule has 1 aromatic carbocycles. The first-order valence-corrected chi connectivity index (χ1v) is 12.0. The van der Waals surface area contributed by atoms with Crippen LogP contribution in [0.1, 0.15) is 29.8 Å². The first kappa shape index (κ1) is 22.4. The SMILES string of the molecule is NS(=O)(=O)OC[C@H]1O[C@@H](n2cnc3c(N[C@H]4CCc5ccccc54)nc(Cl)nc32)[C@H](O)[C@@H]1O. The lowest BCUT2D eigenvalue weighted by atomic mass is 10.1. The molecule has 1 aliphatic carbocycles. The number of imidazole rings is 1. The number of ether oxygens (including phenoxy) is 1. The van der Waals surface area contributed by atoms with Crippen molar-refractivity contribution in [3.8, 4) is 0 Å². The molecule has 0 radical (unpaired) electrons. The molecule has 3 heterocycles. The fourth-order valence-electron chi connectivity index (χ4n) is 4.31. The molecule has 0 unspecified atom stereocenters. The van der Waals surface area contributed by atoms with Gasteiger partial charge in [-0.25, -0.2) is 10.1 Å². The van der Waals surface area contributed by atoms with Gasteiger partial charge in [0, 0.05) is 0 Å². The summed E-state index contributed by atoms with van der Waals surface area (Å²) in [6, 6.07) is 8.16. The van der Waals surface area contributed by atoms with Crippen LogP contribution in [-0.4, -0.2) is 63.1 Å². The summed E-state index contributed by atoms with van der Waals surface area (Å²) in [6.07, 6.45) is -1.91. The van der Waals surface area contributed by atoms with E-state index in [0.29, 0.717) is 11.3 Å². The Morgan fingerprint density at radius 3 is 2.85 bits per heavy atom. The second kappa shape index (κ2) is 8.43. The highest BCUT2D eigenvalue weighted by molar-refractivity contribution is 7.84. The second-order valence-electron chi connectivity index (χ2n) is 7.92. The van der Waals surface area contributed by atoms with E-state index in [-0.39, 0.29) is 17.0 Å². The van der Waals surface area contributed by atoms with Crippen molar-refractivity contribution >= 4 is 38.9 Å². The van der Waals surface area contributed by atoms with Gasteiger partial charge >= 0.3 is 10.3 Å². The molecule has 0 amide bonds. The third kappa shape index (κ3) is 4.28. The normalized spacial score (nSPS) is 27.2. The molecule has 5 atom stereocenters. The van der Waals surface area contributed by atoms with Crippen LogP contribution < -0.4 is 10.5 Å². The summed E-state index contributed by atoms with van der Waals surface area (Å²) in [4.78, 5) is 12.9. The zero-order valence-electron chi connectivity index (χ0n) is 17.1. The Bertz CT molecular complexity index is 1300. The van der Waals surface area contributed by atoms with Gasteiger partial charge in [-0.3, -0.25) is 8.75 Å². The number of fused-ring (bicyclic) bond motifs is 2. The number of nitrogens with two attached hydrogens (primary N) is 1. The maximum Gasteiger partial charge on any atom is 0.333 e. The molecule has 0 bridgehead atoms. The van der Waals surface area contributed by atoms with Gasteiger partial charge in [0.15, 0.2) is 23.2 Å². The molecule has 3 aromatic rings. The van der Waals surface area contributed by atoms with Crippen LogP contribution in [0.5, 0.6) is 0 Å². The molecule has 1 fully saturated rings. The van der Waals surface area contributed by atoms with E-state index in [1.54, 1.807) is 0 Å². The Balaban J connectivity index is 1.44. The number of rotatable bonds is 6. The monoisotopic (exact) mass is 496 g/mol. The summed E-state index contributed by atoms with van der Waals surface area (Å²) in [5, 5.41) is 29.0. The molecule has 2 aliphatic rings. The Labute approximate surface area is 193 Å².